The molecule has 0 aliphatic carbocycles. The first-order valence-electron chi connectivity index (χ1n) is 10.4. The summed E-state index contributed by atoms with van der Waals surface area (Å²) in [6, 6.07) is 7.29. The van der Waals surface area contributed by atoms with E-state index in [2.05, 4.69) is 11.9 Å². The lowest BCUT2D eigenvalue weighted by Crippen LogP contribution is -2.58. The van der Waals surface area contributed by atoms with Crippen molar-refractivity contribution in [3.63, 3.8) is 0 Å². The van der Waals surface area contributed by atoms with E-state index in [1.54, 1.807) is 5.01 Å². The van der Waals surface area contributed by atoms with Gasteiger partial charge in [0.2, 0.25) is 18.1 Å². The van der Waals surface area contributed by atoms with Gasteiger partial charge in [-0.05, 0) is 25.0 Å². The summed E-state index contributed by atoms with van der Waals surface area (Å²) in [6.45, 7) is 5.35. The number of aliphatic imine (C=N–C) groups is 1. The van der Waals surface area contributed by atoms with Gasteiger partial charge in [-0.2, -0.15) is 10.4 Å². The molecule has 4 rings (SSSR count). The van der Waals surface area contributed by atoms with Crippen LogP contribution in [0.25, 0.3) is 0 Å². The summed E-state index contributed by atoms with van der Waals surface area (Å²) in [5, 5.41) is 16.5. The molecule has 9 heteroatoms. The van der Waals surface area contributed by atoms with Crippen molar-refractivity contribution in [2.24, 2.45) is 10.1 Å². The van der Waals surface area contributed by atoms with Gasteiger partial charge in [0.15, 0.2) is 0 Å². The Bertz CT molecular complexity index is 888. The maximum absolute atomic E-state index is 12.5. The highest BCUT2D eigenvalue weighted by molar-refractivity contribution is 6.30. The van der Waals surface area contributed by atoms with E-state index in [-0.39, 0.29) is 18.1 Å². The molecule has 158 valence electrons. The highest BCUT2D eigenvalue weighted by Gasteiger charge is 2.41. The van der Waals surface area contributed by atoms with Gasteiger partial charge >= 0.3 is 0 Å². The van der Waals surface area contributed by atoms with Crippen molar-refractivity contribution in [1.82, 2.24) is 14.8 Å². The van der Waals surface area contributed by atoms with Crippen molar-refractivity contribution in [3.8, 4) is 6.19 Å². The molecule has 2 fully saturated rings. The van der Waals surface area contributed by atoms with Crippen LogP contribution in [0.4, 0.5) is 0 Å². The first-order valence-corrected chi connectivity index (χ1v) is 10.7. The SMILES string of the molecule is CCCOC1CN(C(=NC#N)N2CC(N3CCCC3=O)C(c3ccc(Cl)cc3)=N2)C1. The molecule has 1 unspecified atom stereocenters. The molecule has 3 aliphatic heterocycles. The normalized spacial score (nSPS) is 22.4. The fraction of sp³-hybridized carbons (Fsp3) is 0.524. The summed E-state index contributed by atoms with van der Waals surface area (Å²) in [7, 11) is 0. The first kappa shape index (κ1) is 20.6. The Morgan fingerprint density at radius 3 is 2.73 bits per heavy atom. The number of nitriles is 1. The fourth-order valence-corrected chi connectivity index (χ4v) is 4.18. The summed E-state index contributed by atoms with van der Waals surface area (Å²) in [5.41, 5.74) is 1.71. The van der Waals surface area contributed by atoms with E-state index in [9.17, 15) is 10.1 Å². The molecule has 1 atom stereocenters. The molecule has 30 heavy (non-hydrogen) atoms. The number of carbonyl (C=O) groups excluding carboxylic acids is 1. The van der Waals surface area contributed by atoms with E-state index in [0.29, 0.717) is 43.6 Å². The molecule has 2 saturated heterocycles. The molecule has 0 radical (unpaired) electrons. The van der Waals surface area contributed by atoms with Gasteiger partial charge in [-0.3, -0.25) is 4.79 Å². The zero-order valence-electron chi connectivity index (χ0n) is 17.0. The standard InChI is InChI=1S/C21H25ClN6O2/c1-2-10-30-17-11-26(12-17)21(24-14-23)28-13-18(27-9-3-4-19(27)29)20(25-28)15-5-7-16(22)8-6-15/h5-8,17-18H,2-4,9-13H2,1H3. The topological polar surface area (TPSA) is 84.5 Å². The minimum Gasteiger partial charge on any atom is -0.375 e. The van der Waals surface area contributed by atoms with Crippen molar-refractivity contribution in [2.75, 3.05) is 32.8 Å². The largest absolute Gasteiger partial charge is 0.375 e. The second-order valence-electron chi connectivity index (χ2n) is 7.69. The highest BCUT2D eigenvalue weighted by atomic mass is 35.5. The maximum Gasteiger partial charge on any atom is 0.233 e. The monoisotopic (exact) mass is 428 g/mol. The number of hydrogen-bond donors (Lipinski definition) is 0. The van der Waals surface area contributed by atoms with E-state index >= 15 is 0 Å². The number of benzene rings is 1. The Morgan fingerprint density at radius 2 is 2.10 bits per heavy atom. The van der Waals surface area contributed by atoms with Crippen LogP contribution in [0.2, 0.25) is 5.02 Å². The lowest BCUT2D eigenvalue weighted by molar-refractivity contribution is -0.128. The Morgan fingerprint density at radius 1 is 1.33 bits per heavy atom. The number of ether oxygens (including phenoxy) is 1. The van der Waals surface area contributed by atoms with E-state index < -0.39 is 0 Å². The minimum absolute atomic E-state index is 0.138. The number of carbonyl (C=O) groups is 1. The van der Waals surface area contributed by atoms with Crippen LogP contribution >= 0.6 is 11.6 Å². The second kappa shape index (κ2) is 9.02. The van der Waals surface area contributed by atoms with Gasteiger partial charge in [-0.25, -0.2) is 5.01 Å². The van der Waals surface area contributed by atoms with Crippen molar-refractivity contribution in [3.05, 3.63) is 34.9 Å². The third-order valence-corrected chi connectivity index (χ3v) is 5.84. The maximum atomic E-state index is 12.5. The molecule has 1 aromatic rings. The summed E-state index contributed by atoms with van der Waals surface area (Å²) in [4.78, 5) is 20.4. The van der Waals surface area contributed by atoms with Gasteiger partial charge in [-0.15, -0.1) is 4.99 Å². The van der Waals surface area contributed by atoms with Crippen LogP contribution in [0.3, 0.4) is 0 Å². The molecule has 8 nitrogen and oxygen atoms in total. The zero-order valence-corrected chi connectivity index (χ0v) is 17.8. The summed E-state index contributed by atoms with van der Waals surface area (Å²) >= 11 is 6.05. The van der Waals surface area contributed by atoms with Crippen LogP contribution in [0, 0.1) is 11.5 Å². The number of hydrazone groups is 1. The smallest absolute Gasteiger partial charge is 0.233 e. The Kier molecular flexibility index (Phi) is 6.21. The summed E-state index contributed by atoms with van der Waals surface area (Å²) in [6.07, 6.45) is 4.44. The van der Waals surface area contributed by atoms with Crippen LogP contribution < -0.4 is 0 Å². The Labute approximate surface area is 181 Å². The lowest BCUT2D eigenvalue weighted by atomic mass is 10.0. The molecule has 3 heterocycles. The predicted octanol–water partition coefficient (Wildman–Crippen LogP) is 2.30. The van der Waals surface area contributed by atoms with Gasteiger partial charge < -0.3 is 14.5 Å². The van der Waals surface area contributed by atoms with Crippen molar-refractivity contribution < 1.29 is 9.53 Å². The quantitative estimate of drug-likeness (QED) is 0.408. The summed E-state index contributed by atoms with van der Waals surface area (Å²) < 4.78 is 5.77. The number of rotatable bonds is 5. The zero-order chi connectivity index (χ0) is 21.1. The minimum atomic E-state index is -0.182. The average molecular weight is 429 g/mol. The second-order valence-corrected chi connectivity index (χ2v) is 8.13. The van der Waals surface area contributed by atoms with E-state index in [1.807, 2.05) is 40.3 Å². The molecule has 3 aliphatic rings. The number of halogens is 1. The average Bonchev–Trinajstić information content (AvgIpc) is 3.32. The van der Waals surface area contributed by atoms with Crippen molar-refractivity contribution in [1.29, 1.82) is 5.26 Å². The summed E-state index contributed by atoms with van der Waals surface area (Å²) in [5.74, 6) is 0.647. The van der Waals surface area contributed by atoms with Crippen LogP contribution in [-0.2, 0) is 9.53 Å². The fourth-order valence-electron chi connectivity index (χ4n) is 4.06. The van der Waals surface area contributed by atoms with Crippen molar-refractivity contribution >= 4 is 29.2 Å². The van der Waals surface area contributed by atoms with E-state index in [0.717, 1.165) is 30.7 Å². The number of amides is 1. The Hall–Kier alpha value is -2.63. The lowest BCUT2D eigenvalue weighted by Gasteiger charge is -2.42. The van der Waals surface area contributed by atoms with Crippen LogP contribution in [-0.4, -0.2) is 77.3 Å². The third kappa shape index (κ3) is 4.13. The number of nitrogens with zero attached hydrogens (tertiary/aromatic N) is 6. The van der Waals surface area contributed by atoms with Gasteiger partial charge in [0.05, 0.1) is 24.4 Å². The third-order valence-electron chi connectivity index (χ3n) is 5.59. The highest BCUT2D eigenvalue weighted by Crippen LogP contribution is 2.26. The molecular weight excluding hydrogens is 404 g/mol. The van der Waals surface area contributed by atoms with Gasteiger partial charge in [0.25, 0.3) is 0 Å². The Balaban J connectivity index is 1.58. The van der Waals surface area contributed by atoms with Gasteiger partial charge in [0.1, 0.15) is 0 Å². The van der Waals surface area contributed by atoms with Crippen LogP contribution in [0.15, 0.2) is 34.4 Å². The first-order chi connectivity index (χ1) is 14.6. The van der Waals surface area contributed by atoms with E-state index in [4.69, 9.17) is 21.4 Å². The molecule has 0 spiro atoms. The van der Waals surface area contributed by atoms with Crippen molar-refractivity contribution in [2.45, 2.75) is 38.3 Å². The molecule has 0 saturated carbocycles. The number of guanidine groups is 1. The number of hydrogen-bond acceptors (Lipinski definition) is 5. The number of likely N-dealkylation sites (tertiary alicyclic amines) is 2. The van der Waals surface area contributed by atoms with Gasteiger partial charge in [0, 0.05) is 43.2 Å². The molecule has 0 bridgehead atoms. The molecule has 1 amide bonds. The molecular formula is C21H25ClN6O2. The predicted molar refractivity (Wildman–Crippen MR) is 114 cm³/mol. The van der Waals surface area contributed by atoms with Crippen LogP contribution in [0.5, 0.6) is 0 Å². The van der Waals surface area contributed by atoms with Crippen LogP contribution in [0.1, 0.15) is 31.7 Å². The molecule has 0 N–H and O–H groups in total. The van der Waals surface area contributed by atoms with Gasteiger partial charge in [-0.1, -0.05) is 30.7 Å². The molecule has 0 aromatic heterocycles. The van der Waals surface area contributed by atoms with E-state index in [1.165, 1.54) is 0 Å². The molecule has 1 aromatic carbocycles.